The molecular weight excluding hydrogens is 394 g/mol. The van der Waals surface area contributed by atoms with Gasteiger partial charge in [-0.2, -0.15) is 0 Å². The van der Waals surface area contributed by atoms with Crippen molar-refractivity contribution in [3.63, 3.8) is 0 Å². The third-order valence-corrected chi connectivity index (χ3v) is 4.45. The van der Waals surface area contributed by atoms with Gasteiger partial charge in [0.2, 0.25) is 0 Å². The van der Waals surface area contributed by atoms with Gasteiger partial charge in [-0.25, -0.2) is 0 Å². The predicted molar refractivity (Wildman–Crippen MR) is 109 cm³/mol. The number of halogens is 1. The molecule has 0 aliphatic rings. The molecule has 0 heterocycles. The zero-order valence-corrected chi connectivity index (χ0v) is 17.0. The number of anilines is 1. The van der Waals surface area contributed by atoms with E-state index >= 15 is 0 Å². The Labute approximate surface area is 164 Å². The number of carbonyl (C=O) groups excluding carboxylic acids is 1. The van der Waals surface area contributed by atoms with Crippen LogP contribution in [0, 0.1) is 6.92 Å². The summed E-state index contributed by atoms with van der Waals surface area (Å²) in [7, 11) is 0. The molecule has 2 rings (SSSR count). The van der Waals surface area contributed by atoms with E-state index in [1.165, 1.54) is 19.3 Å². The Balaban J connectivity index is 1.80. The van der Waals surface area contributed by atoms with Crippen LogP contribution >= 0.6 is 15.9 Å². The van der Waals surface area contributed by atoms with E-state index in [9.17, 15) is 4.79 Å². The molecule has 1 amide bonds. The summed E-state index contributed by atoms with van der Waals surface area (Å²) in [6, 6.07) is 13.2. The van der Waals surface area contributed by atoms with Crippen LogP contribution in [0.5, 0.6) is 11.5 Å². The van der Waals surface area contributed by atoms with E-state index in [1.807, 2.05) is 49.4 Å². The minimum Gasteiger partial charge on any atom is -0.494 e. The summed E-state index contributed by atoms with van der Waals surface area (Å²) in [5.74, 6) is 1.20. The van der Waals surface area contributed by atoms with Crippen molar-refractivity contribution < 1.29 is 14.3 Å². The first-order chi connectivity index (χ1) is 12.6. The molecule has 0 bridgehead atoms. The largest absolute Gasteiger partial charge is 0.494 e. The molecule has 0 aliphatic heterocycles. The number of unbranched alkanes of at least 4 members (excludes halogenated alkanes) is 3. The summed E-state index contributed by atoms with van der Waals surface area (Å²) in [4.78, 5) is 12.1. The van der Waals surface area contributed by atoms with Crippen molar-refractivity contribution >= 4 is 27.5 Å². The number of hydrogen-bond donors (Lipinski definition) is 1. The van der Waals surface area contributed by atoms with Gasteiger partial charge in [-0.3, -0.25) is 4.79 Å². The number of hydrogen-bond acceptors (Lipinski definition) is 3. The van der Waals surface area contributed by atoms with E-state index in [1.54, 1.807) is 0 Å². The highest BCUT2D eigenvalue weighted by molar-refractivity contribution is 9.10. The highest BCUT2D eigenvalue weighted by Crippen LogP contribution is 2.25. The maximum atomic E-state index is 12.1. The van der Waals surface area contributed by atoms with Crippen LogP contribution in [-0.2, 0) is 4.79 Å². The zero-order valence-electron chi connectivity index (χ0n) is 15.4. The molecule has 0 aliphatic carbocycles. The maximum absolute atomic E-state index is 12.1. The van der Waals surface area contributed by atoms with Crippen molar-refractivity contribution in [2.75, 3.05) is 18.5 Å². The Kier molecular flexibility index (Phi) is 8.48. The molecule has 1 N–H and O–H groups in total. The third-order valence-electron chi connectivity index (χ3n) is 3.83. The smallest absolute Gasteiger partial charge is 0.262 e. The molecule has 5 heteroatoms. The number of benzene rings is 2. The van der Waals surface area contributed by atoms with Gasteiger partial charge < -0.3 is 14.8 Å². The number of ether oxygens (including phenoxy) is 2. The lowest BCUT2D eigenvalue weighted by Gasteiger charge is -2.11. The zero-order chi connectivity index (χ0) is 18.8. The first-order valence-corrected chi connectivity index (χ1v) is 9.79. The van der Waals surface area contributed by atoms with Crippen LogP contribution in [0.4, 0.5) is 5.69 Å². The number of nitrogens with one attached hydrogen (secondary N) is 1. The van der Waals surface area contributed by atoms with Gasteiger partial charge in [0.05, 0.1) is 11.1 Å². The standard InChI is InChI=1S/C21H26BrNO3/c1-3-4-5-6-12-25-18-9-7-8-17(14-18)23-21(24)15-26-20-11-10-16(2)13-19(20)22/h7-11,13-14H,3-6,12,15H2,1-2H3,(H,23,24). The molecule has 0 unspecified atom stereocenters. The topological polar surface area (TPSA) is 47.6 Å². The second kappa shape index (κ2) is 10.9. The molecule has 0 saturated heterocycles. The van der Waals surface area contributed by atoms with Gasteiger partial charge in [-0.15, -0.1) is 0 Å². The molecular formula is C21H26BrNO3. The number of carbonyl (C=O) groups is 1. The monoisotopic (exact) mass is 419 g/mol. The molecule has 2 aromatic carbocycles. The first-order valence-electron chi connectivity index (χ1n) is 9.00. The van der Waals surface area contributed by atoms with Crippen molar-refractivity contribution in [2.45, 2.75) is 39.5 Å². The highest BCUT2D eigenvalue weighted by atomic mass is 79.9. The van der Waals surface area contributed by atoms with Crippen LogP contribution in [0.3, 0.4) is 0 Å². The van der Waals surface area contributed by atoms with Gasteiger partial charge in [-0.05, 0) is 59.1 Å². The molecule has 2 aromatic rings. The van der Waals surface area contributed by atoms with Gasteiger partial charge >= 0.3 is 0 Å². The lowest BCUT2D eigenvalue weighted by Crippen LogP contribution is -2.20. The maximum Gasteiger partial charge on any atom is 0.262 e. The average Bonchev–Trinajstić information content (AvgIpc) is 2.61. The highest BCUT2D eigenvalue weighted by Gasteiger charge is 2.07. The molecule has 0 radical (unpaired) electrons. The normalized spacial score (nSPS) is 10.4. The molecule has 0 fully saturated rings. The molecule has 4 nitrogen and oxygen atoms in total. The van der Waals surface area contributed by atoms with Gasteiger partial charge in [0.15, 0.2) is 6.61 Å². The van der Waals surface area contributed by atoms with Gasteiger partial charge in [-0.1, -0.05) is 38.3 Å². The van der Waals surface area contributed by atoms with Gasteiger partial charge in [0.25, 0.3) is 5.91 Å². The fourth-order valence-corrected chi connectivity index (χ4v) is 3.05. The van der Waals surface area contributed by atoms with E-state index < -0.39 is 0 Å². The minimum atomic E-state index is -0.211. The SMILES string of the molecule is CCCCCCOc1cccc(NC(=O)COc2ccc(C)cc2Br)c1. The minimum absolute atomic E-state index is 0.0518. The summed E-state index contributed by atoms with van der Waals surface area (Å²) >= 11 is 3.44. The average molecular weight is 420 g/mol. The quantitative estimate of drug-likeness (QED) is 0.499. The van der Waals surface area contributed by atoms with Crippen LogP contribution < -0.4 is 14.8 Å². The Morgan fingerprint density at radius 3 is 2.69 bits per heavy atom. The Bertz CT molecular complexity index is 718. The molecule has 26 heavy (non-hydrogen) atoms. The fourth-order valence-electron chi connectivity index (χ4n) is 2.45. The predicted octanol–water partition coefficient (Wildman–Crippen LogP) is 5.73. The Hall–Kier alpha value is -2.01. The van der Waals surface area contributed by atoms with Crippen LogP contribution in [0.2, 0.25) is 0 Å². The van der Waals surface area contributed by atoms with E-state index in [4.69, 9.17) is 9.47 Å². The van der Waals surface area contributed by atoms with Crippen molar-refractivity contribution in [2.24, 2.45) is 0 Å². The van der Waals surface area contributed by atoms with E-state index in [0.717, 1.165) is 22.2 Å². The molecule has 0 atom stereocenters. The van der Waals surface area contributed by atoms with Crippen LogP contribution in [0.1, 0.15) is 38.2 Å². The van der Waals surface area contributed by atoms with Gasteiger partial charge in [0, 0.05) is 11.8 Å². The molecule has 0 spiro atoms. The van der Waals surface area contributed by atoms with E-state index in [2.05, 4.69) is 28.2 Å². The molecule has 0 saturated carbocycles. The van der Waals surface area contributed by atoms with Crippen molar-refractivity contribution in [3.8, 4) is 11.5 Å². The summed E-state index contributed by atoms with van der Waals surface area (Å²) in [5, 5.41) is 2.83. The second-order valence-electron chi connectivity index (χ2n) is 6.21. The van der Waals surface area contributed by atoms with Crippen molar-refractivity contribution in [1.29, 1.82) is 0 Å². The lowest BCUT2D eigenvalue weighted by atomic mass is 10.2. The Morgan fingerprint density at radius 1 is 1.08 bits per heavy atom. The number of amides is 1. The first kappa shape index (κ1) is 20.3. The lowest BCUT2D eigenvalue weighted by molar-refractivity contribution is -0.118. The van der Waals surface area contributed by atoms with Crippen LogP contribution in [-0.4, -0.2) is 19.1 Å². The Morgan fingerprint density at radius 2 is 1.92 bits per heavy atom. The van der Waals surface area contributed by atoms with Crippen molar-refractivity contribution in [1.82, 2.24) is 0 Å². The molecule has 0 aromatic heterocycles. The van der Waals surface area contributed by atoms with Crippen LogP contribution in [0.25, 0.3) is 0 Å². The van der Waals surface area contributed by atoms with Crippen molar-refractivity contribution in [3.05, 3.63) is 52.5 Å². The summed E-state index contributed by atoms with van der Waals surface area (Å²) in [5.41, 5.74) is 1.83. The molecule has 140 valence electrons. The summed E-state index contributed by atoms with van der Waals surface area (Å²) in [6.45, 7) is 4.83. The number of rotatable bonds is 10. The summed E-state index contributed by atoms with van der Waals surface area (Å²) < 4.78 is 12.1. The summed E-state index contributed by atoms with van der Waals surface area (Å²) in [6.07, 6.45) is 4.67. The van der Waals surface area contributed by atoms with E-state index in [0.29, 0.717) is 18.0 Å². The van der Waals surface area contributed by atoms with E-state index in [-0.39, 0.29) is 12.5 Å². The van der Waals surface area contributed by atoms with Crippen LogP contribution in [0.15, 0.2) is 46.9 Å². The second-order valence-corrected chi connectivity index (χ2v) is 7.06. The number of aryl methyl sites for hydroxylation is 1. The third kappa shape index (κ3) is 7.08. The fraction of sp³-hybridized carbons (Fsp3) is 0.381. The van der Waals surface area contributed by atoms with Gasteiger partial charge in [0.1, 0.15) is 11.5 Å².